The first-order valence-electron chi connectivity index (χ1n) is 12.1. The van der Waals surface area contributed by atoms with Gasteiger partial charge in [-0.1, -0.05) is 72.8 Å². The maximum absolute atomic E-state index is 13.3. The third kappa shape index (κ3) is 6.41. The molecule has 1 aliphatic rings. The van der Waals surface area contributed by atoms with Gasteiger partial charge in [0.15, 0.2) is 6.61 Å². The molecule has 4 rings (SSSR count). The highest BCUT2D eigenvalue weighted by molar-refractivity contribution is 5.95. The highest BCUT2D eigenvalue weighted by Gasteiger charge is 2.37. The lowest BCUT2D eigenvalue weighted by atomic mass is 9.91. The van der Waals surface area contributed by atoms with Crippen LogP contribution in [-0.4, -0.2) is 41.9 Å². The smallest absolute Gasteiger partial charge is 0.311 e. The molecule has 3 aromatic rings. The van der Waals surface area contributed by atoms with E-state index in [2.05, 4.69) is 10.7 Å². The summed E-state index contributed by atoms with van der Waals surface area (Å²) in [5, 5.41) is 3.89. The number of amides is 3. The van der Waals surface area contributed by atoms with Gasteiger partial charge in [0, 0.05) is 12.1 Å². The molecule has 1 heterocycles. The van der Waals surface area contributed by atoms with Crippen LogP contribution >= 0.6 is 0 Å². The van der Waals surface area contributed by atoms with Crippen molar-refractivity contribution in [1.29, 1.82) is 0 Å². The predicted molar refractivity (Wildman–Crippen MR) is 138 cm³/mol. The molecule has 2 N–H and O–H groups in total. The molecule has 0 saturated carbocycles. The van der Waals surface area contributed by atoms with Gasteiger partial charge in [0.2, 0.25) is 5.91 Å². The molecule has 0 spiro atoms. The first kappa shape index (κ1) is 25.6. The number of aryl methyl sites for hydroxylation is 2. The van der Waals surface area contributed by atoms with E-state index in [4.69, 9.17) is 4.74 Å². The van der Waals surface area contributed by atoms with Gasteiger partial charge in [-0.2, -0.15) is 0 Å². The summed E-state index contributed by atoms with van der Waals surface area (Å²) in [6, 6.07) is 24.2. The third-order valence-corrected chi connectivity index (χ3v) is 6.24. The van der Waals surface area contributed by atoms with E-state index in [1.165, 1.54) is 0 Å². The fourth-order valence-corrected chi connectivity index (χ4v) is 4.27. The van der Waals surface area contributed by atoms with Crippen molar-refractivity contribution < 1.29 is 23.9 Å². The van der Waals surface area contributed by atoms with E-state index in [0.717, 1.165) is 27.3 Å². The van der Waals surface area contributed by atoms with Crippen LogP contribution < -0.4 is 10.7 Å². The van der Waals surface area contributed by atoms with E-state index >= 15 is 0 Å². The first-order chi connectivity index (χ1) is 17.8. The molecule has 8 nitrogen and oxygen atoms in total. The topological polar surface area (TPSA) is 105 Å². The predicted octanol–water partition coefficient (Wildman–Crippen LogP) is 3.50. The van der Waals surface area contributed by atoms with Gasteiger partial charge >= 0.3 is 5.97 Å². The zero-order valence-electron chi connectivity index (χ0n) is 20.8. The van der Waals surface area contributed by atoms with E-state index in [-0.39, 0.29) is 18.9 Å². The molecular weight excluding hydrogens is 470 g/mol. The number of benzene rings is 3. The number of carbonyl (C=O) groups excluding carboxylic acids is 4. The molecule has 0 aromatic heterocycles. The van der Waals surface area contributed by atoms with Crippen LogP contribution in [0.25, 0.3) is 0 Å². The molecule has 1 atom stereocenters. The lowest BCUT2D eigenvalue weighted by molar-refractivity contribution is -0.151. The minimum absolute atomic E-state index is 0.0295. The molecule has 8 heteroatoms. The van der Waals surface area contributed by atoms with Gasteiger partial charge in [-0.3, -0.25) is 29.6 Å². The molecule has 0 unspecified atom stereocenters. The molecule has 1 aliphatic heterocycles. The molecular formula is C29H29N3O5. The lowest BCUT2D eigenvalue weighted by Gasteiger charge is -2.23. The minimum atomic E-state index is -0.784. The largest absolute Gasteiger partial charge is 0.455 e. The van der Waals surface area contributed by atoms with Crippen molar-refractivity contribution in [3.8, 4) is 0 Å². The average molecular weight is 500 g/mol. The average Bonchev–Trinajstić information content (AvgIpc) is 3.26. The Kier molecular flexibility index (Phi) is 7.98. The summed E-state index contributed by atoms with van der Waals surface area (Å²) in [6.07, 6.45) is -0.112. The Labute approximate surface area is 215 Å². The molecule has 0 aliphatic carbocycles. The number of ether oxygens (including phenoxy) is 1. The standard InChI is InChI=1S/C29H29N3O5/c1-19-13-14-20(2)24(15-19)30-25(33)18-37-29(36)23-16-26(34)32(17-23)31-28(35)27(21-9-5-3-6-10-21)22-11-7-4-8-12-22/h3-15,23,27H,16-18H2,1-2H3,(H,30,33)(H,31,35)/t23-/m0/s1. The molecule has 3 amide bonds. The fraction of sp³-hybridized carbons (Fsp3) is 0.241. The van der Waals surface area contributed by atoms with Crippen LogP contribution in [0.5, 0.6) is 0 Å². The summed E-state index contributed by atoms with van der Waals surface area (Å²) < 4.78 is 5.18. The second kappa shape index (κ2) is 11.5. The molecule has 0 radical (unpaired) electrons. The Morgan fingerprint density at radius 1 is 0.946 bits per heavy atom. The summed E-state index contributed by atoms with van der Waals surface area (Å²) >= 11 is 0. The highest BCUT2D eigenvalue weighted by Crippen LogP contribution is 2.26. The molecule has 1 saturated heterocycles. The number of hydrazine groups is 1. The van der Waals surface area contributed by atoms with Crippen LogP contribution in [0.1, 0.15) is 34.6 Å². The monoisotopic (exact) mass is 499 g/mol. The first-order valence-corrected chi connectivity index (χ1v) is 12.1. The third-order valence-electron chi connectivity index (χ3n) is 6.24. The number of rotatable bonds is 8. The number of anilines is 1. The van der Waals surface area contributed by atoms with Crippen LogP contribution in [-0.2, 0) is 23.9 Å². The van der Waals surface area contributed by atoms with Gasteiger partial charge < -0.3 is 10.1 Å². The normalized spacial score (nSPS) is 14.9. The second-order valence-electron chi connectivity index (χ2n) is 9.11. The zero-order valence-corrected chi connectivity index (χ0v) is 20.8. The highest BCUT2D eigenvalue weighted by atomic mass is 16.5. The molecule has 190 valence electrons. The van der Waals surface area contributed by atoms with Crippen molar-refractivity contribution in [3.63, 3.8) is 0 Å². The van der Waals surface area contributed by atoms with E-state index in [1.54, 1.807) is 0 Å². The summed E-state index contributed by atoms with van der Waals surface area (Å²) in [6.45, 7) is 3.29. The van der Waals surface area contributed by atoms with Crippen molar-refractivity contribution in [2.45, 2.75) is 26.2 Å². The van der Waals surface area contributed by atoms with E-state index in [9.17, 15) is 19.2 Å². The summed E-state index contributed by atoms with van der Waals surface area (Å²) in [7, 11) is 0. The van der Waals surface area contributed by atoms with Gasteiger partial charge in [0.05, 0.1) is 18.4 Å². The molecule has 37 heavy (non-hydrogen) atoms. The van der Waals surface area contributed by atoms with Crippen molar-refractivity contribution in [3.05, 3.63) is 101 Å². The second-order valence-corrected chi connectivity index (χ2v) is 9.11. The number of hydrogen-bond donors (Lipinski definition) is 2. The SMILES string of the molecule is Cc1ccc(C)c(NC(=O)COC(=O)[C@H]2CC(=O)N(NC(=O)C(c3ccccc3)c3ccccc3)C2)c1. The van der Waals surface area contributed by atoms with Gasteiger partial charge in [0.25, 0.3) is 11.8 Å². The van der Waals surface area contributed by atoms with Crippen LogP contribution in [0.2, 0.25) is 0 Å². The molecule has 1 fully saturated rings. The van der Waals surface area contributed by atoms with Gasteiger partial charge in [-0.05, 0) is 42.2 Å². The summed E-state index contributed by atoms with van der Waals surface area (Å²) in [4.78, 5) is 50.8. The number of carbonyl (C=O) groups is 4. The van der Waals surface area contributed by atoms with Crippen molar-refractivity contribution in [2.75, 3.05) is 18.5 Å². The molecule has 3 aromatic carbocycles. The Balaban J connectivity index is 1.35. The lowest BCUT2D eigenvalue weighted by Crippen LogP contribution is -2.45. The Bertz CT molecular complexity index is 1250. The van der Waals surface area contributed by atoms with E-state index in [0.29, 0.717) is 5.69 Å². The van der Waals surface area contributed by atoms with Crippen molar-refractivity contribution in [2.24, 2.45) is 5.92 Å². The van der Waals surface area contributed by atoms with Crippen molar-refractivity contribution in [1.82, 2.24) is 10.4 Å². The summed E-state index contributed by atoms with van der Waals surface area (Å²) in [5.41, 5.74) is 6.77. The number of nitrogens with zero attached hydrogens (tertiary/aromatic N) is 1. The van der Waals surface area contributed by atoms with Crippen LogP contribution in [0, 0.1) is 19.8 Å². The van der Waals surface area contributed by atoms with Gasteiger partial charge in [-0.15, -0.1) is 0 Å². The maximum Gasteiger partial charge on any atom is 0.311 e. The van der Waals surface area contributed by atoms with Gasteiger partial charge in [0.1, 0.15) is 0 Å². The van der Waals surface area contributed by atoms with Gasteiger partial charge in [-0.25, -0.2) is 0 Å². The zero-order chi connectivity index (χ0) is 26.4. The van der Waals surface area contributed by atoms with E-state index < -0.39 is 36.2 Å². The number of esters is 1. The van der Waals surface area contributed by atoms with Crippen LogP contribution in [0.4, 0.5) is 5.69 Å². The van der Waals surface area contributed by atoms with Crippen molar-refractivity contribution >= 4 is 29.4 Å². The fourth-order valence-electron chi connectivity index (χ4n) is 4.27. The summed E-state index contributed by atoms with van der Waals surface area (Å²) in [5.74, 6) is -3.32. The maximum atomic E-state index is 13.3. The van der Waals surface area contributed by atoms with Crippen LogP contribution in [0.15, 0.2) is 78.9 Å². The van der Waals surface area contributed by atoms with Crippen LogP contribution in [0.3, 0.4) is 0 Å². The Hall–Kier alpha value is -4.46. The molecule has 0 bridgehead atoms. The number of nitrogens with one attached hydrogen (secondary N) is 2. The number of hydrogen-bond acceptors (Lipinski definition) is 5. The van der Waals surface area contributed by atoms with E-state index in [1.807, 2.05) is 92.7 Å². The Morgan fingerprint density at radius 3 is 2.19 bits per heavy atom. The quantitative estimate of drug-likeness (QED) is 0.462. The minimum Gasteiger partial charge on any atom is -0.455 e. The Morgan fingerprint density at radius 2 is 1.57 bits per heavy atom.